The topological polar surface area (TPSA) is 114 Å². The zero-order valence-corrected chi connectivity index (χ0v) is 17.2. The standard InChI is InChI=1S/C22H26N2O6/c1-22(2,3)30-20(27)23-13-15-9-11-16(12-10-15)14-29-21(28)24-18(19(25)26)17-7-5-4-6-8-17/h4-12,18H,13-14H2,1-3H3,(H,23,27)(H,24,28)(H,25,26)/t18-/m0/s1. The number of ether oxygens (including phenoxy) is 2. The Balaban J connectivity index is 1.82. The van der Waals surface area contributed by atoms with E-state index < -0.39 is 29.8 Å². The highest BCUT2D eigenvalue weighted by Gasteiger charge is 2.22. The number of alkyl carbamates (subject to hydrolysis) is 2. The van der Waals surface area contributed by atoms with Crippen LogP contribution < -0.4 is 10.6 Å². The third-order valence-corrected chi connectivity index (χ3v) is 3.87. The number of amides is 2. The van der Waals surface area contributed by atoms with Gasteiger partial charge < -0.3 is 25.2 Å². The molecule has 2 amide bonds. The minimum atomic E-state index is -1.19. The average Bonchev–Trinajstić information content (AvgIpc) is 2.69. The Morgan fingerprint density at radius 3 is 2.10 bits per heavy atom. The summed E-state index contributed by atoms with van der Waals surface area (Å²) in [4.78, 5) is 35.1. The molecule has 160 valence electrons. The fraction of sp³-hybridized carbons (Fsp3) is 0.318. The highest BCUT2D eigenvalue weighted by Crippen LogP contribution is 2.13. The van der Waals surface area contributed by atoms with Crippen LogP contribution in [0.4, 0.5) is 9.59 Å². The molecule has 0 aromatic heterocycles. The Hall–Kier alpha value is -3.55. The highest BCUT2D eigenvalue weighted by atomic mass is 16.6. The van der Waals surface area contributed by atoms with Gasteiger partial charge >= 0.3 is 18.2 Å². The number of nitrogens with one attached hydrogen (secondary N) is 2. The molecule has 0 heterocycles. The number of carboxylic acids is 1. The van der Waals surface area contributed by atoms with Gasteiger partial charge in [-0.3, -0.25) is 0 Å². The number of carbonyl (C=O) groups excluding carboxylic acids is 2. The summed E-state index contributed by atoms with van der Waals surface area (Å²) in [5, 5.41) is 14.3. The van der Waals surface area contributed by atoms with E-state index in [2.05, 4.69) is 10.6 Å². The zero-order chi connectivity index (χ0) is 22.1. The minimum absolute atomic E-state index is 0.0211. The number of hydrogen-bond donors (Lipinski definition) is 3. The van der Waals surface area contributed by atoms with Crippen LogP contribution in [0.1, 0.15) is 43.5 Å². The van der Waals surface area contributed by atoms with Crippen molar-refractivity contribution >= 4 is 18.2 Å². The van der Waals surface area contributed by atoms with Crippen molar-refractivity contribution in [1.29, 1.82) is 0 Å². The maximum absolute atomic E-state index is 12.0. The summed E-state index contributed by atoms with van der Waals surface area (Å²) in [6.45, 7) is 5.64. The number of carbonyl (C=O) groups is 3. The van der Waals surface area contributed by atoms with E-state index in [1.807, 2.05) is 0 Å². The number of rotatable bonds is 7. The van der Waals surface area contributed by atoms with E-state index in [0.717, 1.165) is 11.1 Å². The Kier molecular flexibility index (Phi) is 7.80. The van der Waals surface area contributed by atoms with Gasteiger partial charge in [-0.2, -0.15) is 0 Å². The first-order valence-electron chi connectivity index (χ1n) is 9.40. The van der Waals surface area contributed by atoms with Crippen LogP contribution in [0.15, 0.2) is 54.6 Å². The van der Waals surface area contributed by atoms with E-state index in [-0.39, 0.29) is 6.61 Å². The van der Waals surface area contributed by atoms with Crippen LogP contribution in [-0.2, 0) is 27.4 Å². The number of hydrogen-bond acceptors (Lipinski definition) is 5. The molecule has 2 aromatic carbocycles. The highest BCUT2D eigenvalue weighted by molar-refractivity contribution is 5.81. The molecule has 0 aliphatic carbocycles. The predicted molar refractivity (Wildman–Crippen MR) is 110 cm³/mol. The third-order valence-electron chi connectivity index (χ3n) is 3.87. The summed E-state index contributed by atoms with van der Waals surface area (Å²) < 4.78 is 10.3. The molecule has 2 aromatic rings. The summed E-state index contributed by atoms with van der Waals surface area (Å²) >= 11 is 0. The van der Waals surface area contributed by atoms with Crippen molar-refractivity contribution in [3.05, 3.63) is 71.3 Å². The van der Waals surface area contributed by atoms with Crippen molar-refractivity contribution < 1.29 is 29.0 Å². The molecule has 0 aliphatic rings. The Labute approximate surface area is 175 Å². The molecule has 0 saturated carbocycles. The van der Waals surface area contributed by atoms with Gasteiger partial charge in [0.2, 0.25) is 0 Å². The lowest BCUT2D eigenvalue weighted by Crippen LogP contribution is -2.34. The molecule has 0 bridgehead atoms. The van der Waals surface area contributed by atoms with E-state index >= 15 is 0 Å². The predicted octanol–water partition coefficient (Wildman–Crippen LogP) is 3.76. The molecular formula is C22H26N2O6. The molecule has 2 rings (SSSR count). The van der Waals surface area contributed by atoms with Crippen LogP contribution in [0.25, 0.3) is 0 Å². The lowest BCUT2D eigenvalue weighted by molar-refractivity contribution is -0.139. The van der Waals surface area contributed by atoms with Crippen LogP contribution in [0.5, 0.6) is 0 Å². The first kappa shape index (κ1) is 22.7. The van der Waals surface area contributed by atoms with Gasteiger partial charge in [0.15, 0.2) is 6.04 Å². The molecule has 0 radical (unpaired) electrons. The van der Waals surface area contributed by atoms with Crippen LogP contribution >= 0.6 is 0 Å². The van der Waals surface area contributed by atoms with Crippen molar-refractivity contribution in [1.82, 2.24) is 10.6 Å². The van der Waals surface area contributed by atoms with Crippen molar-refractivity contribution in [3.8, 4) is 0 Å². The van der Waals surface area contributed by atoms with Gasteiger partial charge in [0.25, 0.3) is 0 Å². The molecule has 1 atom stereocenters. The Bertz CT molecular complexity index is 859. The van der Waals surface area contributed by atoms with Crippen LogP contribution in [0.3, 0.4) is 0 Å². The van der Waals surface area contributed by atoms with Gasteiger partial charge in [-0.1, -0.05) is 54.6 Å². The average molecular weight is 414 g/mol. The largest absolute Gasteiger partial charge is 0.479 e. The molecule has 3 N–H and O–H groups in total. The third kappa shape index (κ3) is 7.83. The molecule has 8 heteroatoms. The van der Waals surface area contributed by atoms with Crippen molar-refractivity contribution in [2.75, 3.05) is 0 Å². The van der Waals surface area contributed by atoms with Crippen LogP contribution in [-0.4, -0.2) is 28.9 Å². The fourth-order valence-electron chi connectivity index (χ4n) is 2.48. The summed E-state index contributed by atoms with van der Waals surface area (Å²) in [7, 11) is 0. The second kappa shape index (κ2) is 10.3. The normalized spacial score (nSPS) is 11.8. The number of carboxylic acid groups (broad SMARTS) is 1. The molecular weight excluding hydrogens is 388 g/mol. The molecule has 0 aliphatic heterocycles. The Morgan fingerprint density at radius 1 is 0.933 bits per heavy atom. The lowest BCUT2D eigenvalue weighted by atomic mass is 10.1. The molecule has 0 fully saturated rings. The number of aliphatic carboxylic acids is 1. The fourth-order valence-corrected chi connectivity index (χ4v) is 2.48. The minimum Gasteiger partial charge on any atom is -0.479 e. The van der Waals surface area contributed by atoms with Gasteiger partial charge in [0.05, 0.1) is 0 Å². The first-order chi connectivity index (χ1) is 14.1. The molecule has 30 heavy (non-hydrogen) atoms. The second-order valence-corrected chi connectivity index (χ2v) is 7.57. The lowest BCUT2D eigenvalue weighted by Gasteiger charge is -2.19. The van der Waals surface area contributed by atoms with Crippen molar-refractivity contribution in [2.24, 2.45) is 0 Å². The van der Waals surface area contributed by atoms with Gasteiger partial charge in [-0.15, -0.1) is 0 Å². The second-order valence-electron chi connectivity index (χ2n) is 7.57. The van der Waals surface area contributed by atoms with Crippen molar-refractivity contribution in [2.45, 2.75) is 45.6 Å². The van der Waals surface area contributed by atoms with E-state index in [4.69, 9.17) is 9.47 Å². The molecule has 0 spiro atoms. The van der Waals surface area contributed by atoms with E-state index in [9.17, 15) is 19.5 Å². The monoisotopic (exact) mass is 414 g/mol. The number of benzene rings is 2. The quantitative estimate of drug-likeness (QED) is 0.636. The summed E-state index contributed by atoms with van der Waals surface area (Å²) in [5.74, 6) is -1.18. The Morgan fingerprint density at radius 2 is 1.53 bits per heavy atom. The summed E-state index contributed by atoms with van der Waals surface area (Å²) in [5.41, 5.74) is 1.46. The zero-order valence-electron chi connectivity index (χ0n) is 17.2. The van der Waals surface area contributed by atoms with Crippen molar-refractivity contribution in [3.63, 3.8) is 0 Å². The van der Waals surface area contributed by atoms with Gasteiger partial charge in [0, 0.05) is 6.54 Å². The maximum Gasteiger partial charge on any atom is 0.408 e. The van der Waals surface area contributed by atoms with Crippen LogP contribution in [0, 0.1) is 0 Å². The first-order valence-corrected chi connectivity index (χ1v) is 9.40. The van der Waals surface area contributed by atoms with E-state index in [0.29, 0.717) is 12.1 Å². The van der Waals surface area contributed by atoms with Gasteiger partial charge in [0.1, 0.15) is 12.2 Å². The molecule has 0 saturated heterocycles. The smallest absolute Gasteiger partial charge is 0.408 e. The maximum atomic E-state index is 12.0. The summed E-state index contributed by atoms with van der Waals surface area (Å²) in [6, 6.07) is 14.3. The SMILES string of the molecule is CC(C)(C)OC(=O)NCc1ccc(COC(=O)N[C@H](C(=O)O)c2ccccc2)cc1. The molecule has 8 nitrogen and oxygen atoms in total. The summed E-state index contributed by atoms with van der Waals surface area (Å²) in [6.07, 6.45) is -1.33. The van der Waals surface area contributed by atoms with Gasteiger partial charge in [-0.25, -0.2) is 14.4 Å². The van der Waals surface area contributed by atoms with E-state index in [1.165, 1.54) is 0 Å². The van der Waals surface area contributed by atoms with E-state index in [1.54, 1.807) is 75.4 Å². The van der Waals surface area contributed by atoms with Crippen LogP contribution in [0.2, 0.25) is 0 Å². The van der Waals surface area contributed by atoms with Gasteiger partial charge in [-0.05, 0) is 37.5 Å². The molecule has 0 unspecified atom stereocenters.